The number of nitrogens with one attached hydrogen (secondary N) is 1. The van der Waals surface area contributed by atoms with Gasteiger partial charge in [0.1, 0.15) is 12.4 Å². The predicted molar refractivity (Wildman–Crippen MR) is 126 cm³/mol. The van der Waals surface area contributed by atoms with E-state index < -0.39 is 0 Å². The van der Waals surface area contributed by atoms with Gasteiger partial charge < -0.3 is 14.6 Å². The smallest absolute Gasteiger partial charge is 0.230 e. The van der Waals surface area contributed by atoms with Crippen LogP contribution in [0, 0.1) is 6.92 Å². The highest BCUT2D eigenvalue weighted by atomic mass is 32.2. The van der Waals surface area contributed by atoms with Gasteiger partial charge in [0.2, 0.25) is 5.91 Å². The van der Waals surface area contributed by atoms with Crippen molar-refractivity contribution < 1.29 is 9.53 Å². The van der Waals surface area contributed by atoms with Crippen LogP contribution in [0.3, 0.4) is 0 Å². The van der Waals surface area contributed by atoms with Gasteiger partial charge in [-0.3, -0.25) is 4.79 Å². The van der Waals surface area contributed by atoms with Gasteiger partial charge in [-0.25, -0.2) is 0 Å². The van der Waals surface area contributed by atoms with Crippen molar-refractivity contribution in [3.05, 3.63) is 59.7 Å². The summed E-state index contributed by atoms with van der Waals surface area (Å²) in [6.45, 7) is 9.48. The largest absolute Gasteiger partial charge is 0.492 e. The quantitative estimate of drug-likeness (QED) is 0.418. The molecule has 3 rings (SSSR count). The fourth-order valence-corrected chi connectivity index (χ4v) is 3.80. The normalized spacial score (nSPS) is 11.4. The summed E-state index contributed by atoms with van der Waals surface area (Å²) < 4.78 is 7.57. The summed E-state index contributed by atoms with van der Waals surface area (Å²) in [4.78, 5) is 12.2. The molecule has 1 aromatic heterocycles. The van der Waals surface area contributed by atoms with Crippen molar-refractivity contribution in [2.45, 2.75) is 38.3 Å². The molecular formula is C24H30N4O2S. The molecule has 164 valence electrons. The van der Waals surface area contributed by atoms with Crippen LogP contribution in [0.4, 0.5) is 0 Å². The van der Waals surface area contributed by atoms with E-state index in [9.17, 15) is 4.79 Å². The first-order valence-corrected chi connectivity index (χ1v) is 11.3. The van der Waals surface area contributed by atoms with E-state index in [0.29, 0.717) is 18.3 Å². The lowest BCUT2D eigenvalue weighted by atomic mass is 9.87. The van der Waals surface area contributed by atoms with Gasteiger partial charge in [-0.05, 0) is 35.6 Å². The van der Waals surface area contributed by atoms with Crippen LogP contribution in [0.25, 0.3) is 11.4 Å². The van der Waals surface area contributed by atoms with Crippen molar-refractivity contribution in [3.8, 4) is 17.1 Å². The van der Waals surface area contributed by atoms with Crippen molar-refractivity contribution >= 4 is 17.7 Å². The van der Waals surface area contributed by atoms with Crippen molar-refractivity contribution in [1.82, 2.24) is 20.1 Å². The number of rotatable bonds is 8. The number of hydrogen-bond donors (Lipinski definition) is 1. The Labute approximate surface area is 188 Å². The Bertz CT molecular complexity index is 1020. The standard InChI is InChI=1S/C24H30N4O2S/c1-17-7-6-8-20(15-17)30-14-13-25-21(29)16-31-23-27-26-22(28(23)5)18-9-11-19(12-10-18)24(2,3)4/h6-12,15H,13-14,16H2,1-5H3,(H,25,29). The Morgan fingerprint density at radius 1 is 1.13 bits per heavy atom. The van der Waals surface area contributed by atoms with Gasteiger partial charge in [-0.2, -0.15) is 0 Å². The zero-order chi connectivity index (χ0) is 22.4. The monoisotopic (exact) mass is 438 g/mol. The highest BCUT2D eigenvalue weighted by molar-refractivity contribution is 7.99. The number of benzene rings is 2. The third kappa shape index (κ3) is 6.34. The fourth-order valence-electron chi connectivity index (χ4n) is 3.06. The molecule has 0 aliphatic rings. The number of amides is 1. The maximum absolute atomic E-state index is 12.2. The number of carbonyl (C=O) groups excluding carboxylic acids is 1. The molecule has 0 fully saturated rings. The molecule has 0 bridgehead atoms. The zero-order valence-corrected chi connectivity index (χ0v) is 19.6. The van der Waals surface area contributed by atoms with Gasteiger partial charge in [-0.1, -0.05) is 68.9 Å². The maximum atomic E-state index is 12.2. The molecule has 1 heterocycles. The second-order valence-electron chi connectivity index (χ2n) is 8.50. The topological polar surface area (TPSA) is 69.0 Å². The molecule has 7 heteroatoms. The van der Waals surface area contributed by atoms with E-state index in [1.807, 2.05) is 42.8 Å². The molecular weight excluding hydrogens is 408 g/mol. The molecule has 2 aromatic carbocycles. The number of nitrogens with zero attached hydrogens (tertiary/aromatic N) is 3. The van der Waals surface area contributed by atoms with E-state index in [1.165, 1.54) is 17.3 Å². The fraction of sp³-hybridized carbons (Fsp3) is 0.375. The maximum Gasteiger partial charge on any atom is 0.230 e. The van der Waals surface area contributed by atoms with Crippen LogP contribution >= 0.6 is 11.8 Å². The second kappa shape index (κ2) is 10.0. The number of aryl methyl sites for hydroxylation is 1. The summed E-state index contributed by atoms with van der Waals surface area (Å²) in [5, 5.41) is 12.1. The highest BCUT2D eigenvalue weighted by Gasteiger charge is 2.16. The lowest BCUT2D eigenvalue weighted by molar-refractivity contribution is -0.118. The van der Waals surface area contributed by atoms with Crippen molar-refractivity contribution in [2.24, 2.45) is 7.05 Å². The molecule has 0 saturated carbocycles. The average molecular weight is 439 g/mol. The minimum atomic E-state index is -0.0584. The van der Waals surface area contributed by atoms with Gasteiger partial charge in [0.15, 0.2) is 11.0 Å². The van der Waals surface area contributed by atoms with E-state index in [0.717, 1.165) is 22.7 Å². The molecule has 3 aromatic rings. The molecule has 0 aliphatic heterocycles. The summed E-state index contributed by atoms with van der Waals surface area (Å²) in [5.74, 6) is 1.82. The average Bonchev–Trinajstić information content (AvgIpc) is 3.09. The first-order chi connectivity index (χ1) is 14.7. The summed E-state index contributed by atoms with van der Waals surface area (Å²) in [6, 6.07) is 16.2. The molecule has 31 heavy (non-hydrogen) atoms. The SMILES string of the molecule is Cc1cccc(OCCNC(=O)CSc2nnc(-c3ccc(C(C)(C)C)cc3)n2C)c1. The lowest BCUT2D eigenvalue weighted by Crippen LogP contribution is -2.29. The van der Waals surface area contributed by atoms with Gasteiger partial charge in [-0.15, -0.1) is 10.2 Å². The summed E-state index contributed by atoms with van der Waals surface area (Å²) >= 11 is 1.37. The number of carbonyl (C=O) groups is 1. The predicted octanol–water partition coefficient (Wildman–Crippen LogP) is 4.38. The molecule has 0 radical (unpaired) electrons. The minimum Gasteiger partial charge on any atom is -0.492 e. The number of thioether (sulfide) groups is 1. The van der Waals surface area contributed by atoms with Crippen LogP contribution in [0.1, 0.15) is 31.9 Å². The van der Waals surface area contributed by atoms with Crippen LogP contribution < -0.4 is 10.1 Å². The van der Waals surface area contributed by atoms with Gasteiger partial charge in [0.25, 0.3) is 0 Å². The van der Waals surface area contributed by atoms with E-state index in [2.05, 4.69) is 60.6 Å². The van der Waals surface area contributed by atoms with E-state index in [-0.39, 0.29) is 17.1 Å². The Kier molecular flexibility index (Phi) is 7.38. The molecule has 1 amide bonds. The Morgan fingerprint density at radius 2 is 1.87 bits per heavy atom. The summed E-state index contributed by atoms with van der Waals surface area (Å²) in [6.07, 6.45) is 0. The Morgan fingerprint density at radius 3 is 2.55 bits per heavy atom. The first-order valence-electron chi connectivity index (χ1n) is 10.3. The van der Waals surface area contributed by atoms with Crippen molar-refractivity contribution in [1.29, 1.82) is 0 Å². The van der Waals surface area contributed by atoms with Crippen LogP contribution in [0.5, 0.6) is 5.75 Å². The summed E-state index contributed by atoms with van der Waals surface area (Å²) in [7, 11) is 1.92. The molecule has 0 unspecified atom stereocenters. The van der Waals surface area contributed by atoms with Crippen LogP contribution in [0.15, 0.2) is 53.7 Å². The molecule has 1 N–H and O–H groups in total. The van der Waals surface area contributed by atoms with E-state index in [1.54, 1.807) is 0 Å². The van der Waals surface area contributed by atoms with Gasteiger partial charge in [0, 0.05) is 12.6 Å². The molecule has 0 atom stereocenters. The number of ether oxygens (including phenoxy) is 1. The number of aromatic nitrogens is 3. The first kappa shape index (κ1) is 22.9. The molecule has 0 spiro atoms. The van der Waals surface area contributed by atoms with Crippen LogP contribution in [-0.2, 0) is 17.3 Å². The highest BCUT2D eigenvalue weighted by Crippen LogP contribution is 2.27. The number of hydrogen-bond acceptors (Lipinski definition) is 5. The third-order valence-electron chi connectivity index (χ3n) is 4.86. The second-order valence-corrected chi connectivity index (χ2v) is 9.44. The van der Waals surface area contributed by atoms with Crippen molar-refractivity contribution in [2.75, 3.05) is 18.9 Å². The van der Waals surface area contributed by atoms with E-state index >= 15 is 0 Å². The van der Waals surface area contributed by atoms with Gasteiger partial charge >= 0.3 is 0 Å². The van der Waals surface area contributed by atoms with E-state index in [4.69, 9.17) is 4.74 Å². The Balaban J connectivity index is 1.47. The lowest BCUT2D eigenvalue weighted by Gasteiger charge is -2.19. The summed E-state index contributed by atoms with van der Waals surface area (Å²) in [5.41, 5.74) is 3.53. The molecule has 6 nitrogen and oxygen atoms in total. The van der Waals surface area contributed by atoms with Gasteiger partial charge in [0.05, 0.1) is 12.3 Å². The molecule has 0 saturated heterocycles. The molecule has 0 aliphatic carbocycles. The minimum absolute atomic E-state index is 0.0584. The van der Waals surface area contributed by atoms with Crippen LogP contribution in [0.2, 0.25) is 0 Å². The van der Waals surface area contributed by atoms with Crippen LogP contribution in [-0.4, -0.2) is 39.6 Å². The third-order valence-corrected chi connectivity index (χ3v) is 5.88. The zero-order valence-electron chi connectivity index (χ0n) is 18.8. The van der Waals surface area contributed by atoms with Crippen molar-refractivity contribution in [3.63, 3.8) is 0 Å². The Hall–Kier alpha value is -2.80.